The van der Waals surface area contributed by atoms with E-state index in [2.05, 4.69) is 11.5 Å². The van der Waals surface area contributed by atoms with Crippen LogP contribution in [0, 0.1) is 0 Å². The fourth-order valence-corrected chi connectivity index (χ4v) is 1.42. The third-order valence-corrected chi connectivity index (χ3v) is 2.41. The number of alkyl halides is 5. The van der Waals surface area contributed by atoms with Crippen LogP contribution in [0.15, 0.2) is 43.0 Å². The second kappa shape index (κ2) is 4.64. The number of halogens is 6. The lowest BCUT2D eigenvalue weighted by molar-refractivity contribution is -0.433. The second-order valence-electron chi connectivity index (χ2n) is 3.45. The molecular weight excluding hydrogens is 262 g/mol. The van der Waals surface area contributed by atoms with Gasteiger partial charge in [-0.2, -0.15) is 17.6 Å². The average molecular weight is 270 g/mol. The van der Waals surface area contributed by atoms with Gasteiger partial charge in [0, 0.05) is 0 Å². The van der Waals surface area contributed by atoms with Gasteiger partial charge in [-0.05, 0) is 16.2 Å². The van der Waals surface area contributed by atoms with Gasteiger partial charge in [-0.3, -0.25) is 0 Å². The Kier molecular flexibility index (Phi) is 3.75. The van der Waals surface area contributed by atoms with Crippen LogP contribution in [0.4, 0.5) is 26.5 Å². The quantitative estimate of drug-likeness (QED) is 0.589. The van der Waals surface area contributed by atoms with Gasteiger partial charge in [0.2, 0.25) is 5.67 Å². The molecule has 0 aliphatic heterocycles. The van der Waals surface area contributed by atoms with E-state index in [-0.39, 0.29) is 6.08 Å². The SMILES string of the molecule is C=CC(F)(c1ccccc1)C(F)(OF)C(F)(F)F. The van der Waals surface area contributed by atoms with Crippen molar-refractivity contribution in [3.63, 3.8) is 0 Å². The summed E-state index contributed by atoms with van der Waals surface area (Å²) in [4.78, 5) is 2.27. The Morgan fingerprint density at radius 2 is 1.50 bits per heavy atom. The van der Waals surface area contributed by atoms with Crippen LogP contribution in [0.5, 0.6) is 0 Å². The fourth-order valence-electron chi connectivity index (χ4n) is 1.42. The molecule has 0 bridgehead atoms. The maximum absolute atomic E-state index is 14.2. The standard InChI is InChI=1S/C11H8F6O/c1-2-9(12,8-6-4-3-5-7-8)10(13,18-17)11(14,15)16/h2-7H,1H2. The summed E-state index contributed by atoms with van der Waals surface area (Å²) >= 11 is 0. The molecule has 1 nitrogen and oxygen atoms in total. The second-order valence-corrected chi connectivity index (χ2v) is 3.45. The molecule has 1 rings (SSSR count). The van der Waals surface area contributed by atoms with Crippen LogP contribution < -0.4 is 0 Å². The van der Waals surface area contributed by atoms with Crippen molar-refractivity contribution < 1.29 is 31.4 Å². The van der Waals surface area contributed by atoms with Gasteiger partial charge in [0.15, 0.2) is 0 Å². The molecule has 18 heavy (non-hydrogen) atoms. The third kappa shape index (κ3) is 1.98. The zero-order valence-corrected chi connectivity index (χ0v) is 8.85. The zero-order valence-electron chi connectivity index (χ0n) is 8.85. The Bertz CT molecular complexity index is 417. The largest absolute Gasteiger partial charge is 0.455 e. The highest BCUT2D eigenvalue weighted by atomic mass is 19.4. The van der Waals surface area contributed by atoms with E-state index in [1.807, 2.05) is 0 Å². The van der Waals surface area contributed by atoms with Gasteiger partial charge in [-0.25, -0.2) is 4.39 Å². The van der Waals surface area contributed by atoms with E-state index in [0.29, 0.717) is 0 Å². The van der Waals surface area contributed by atoms with Crippen molar-refractivity contribution in [2.75, 3.05) is 0 Å². The van der Waals surface area contributed by atoms with Crippen molar-refractivity contribution in [3.05, 3.63) is 48.6 Å². The molecule has 100 valence electrons. The predicted molar refractivity (Wildman–Crippen MR) is 51.5 cm³/mol. The normalized spacial score (nSPS) is 18.8. The number of hydrogen-bond donors (Lipinski definition) is 0. The first kappa shape index (κ1) is 14.6. The van der Waals surface area contributed by atoms with Gasteiger partial charge in [0.1, 0.15) is 0 Å². The molecule has 0 spiro atoms. The first-order valence-corrected chi connectivity index (χ1v) is 4.66. The minimum absolute atomic E-state index is 0.00933. The van der Waals surface area contributed by atoms with E-state index in [1.165, 1.54) is 18.2 Å². The van der Waals surface area contributed by atoms with E-state index < -0.39 is 23.3 Å². The molecule has 0 N–H and O–H groups in total. The van der Waals surface area contributed by atoms with Gasteiger partial charge in [-0.15, -0.1) is 4.94 Å². The molecule has 0 amide bonds. The molecule has 0 aliphatic rings. The molecular formula is C11H8F6O. The van der Waals surface area contributed by atoms with Crippen molar-refractivity contribution >= 4 is 0 Å². The molecule has 0 saturated heterocycles. The molecule has 0 fully saturated rings. The van der Waals surface area contributed by atoms with Gasteiger partial charge in [0.25, 0.3) is 0 Å². The number of rotatable bonds is 4. The molecule has 0 aromatic heterocycles. The highest BCUT2D eigenvalue weighted by Crippen LogP contribution is 2.51. The Balaban J connectivity index is 3.44. The molecule has 2 unspecified atom stereocenters. The molecule has 2 atom stereocenters. The molecule has 0 heterocycles. The Morgan fingerprint density at radius 3 is 1.83 bits per heavy atom. The van der Waals surface area contributed by atoms with E-state index in [1.54, 1.807) is 0 Å². The average Bonchev–Trinajstić information content (AvgIpc) is 2.36. The molecule has 1 aromatic carbocycles. The van der Waals surface area contributed by atoms with E-state index >= 15 is 0 Å². The van der Waals surface area contributed by atoms with Crippen LogP contribution in [-0.2, 0) is 10.6 Å². The van der Waals surface area contributed by atoms with Crippen LogP contribution in [-0.4, -0.2) is 12.0 Å². The molecule has 1 aromatic rings. The smallest absolute Gasteiger partial charge is 0.227 e. The van der Waals surface area contributed by atoms with Crippen LogP contribution in [0.1, 0.15) is 5.56 Å². The first-order valence-electron chi connectivity index (χ1n) is 4.66. The van der Waals surface area contributed by atoms with E-state index in [0.717, 1.165) is 12.1 Å². The summed E-state index contributed by atoms with van der Waals surface area (Å²) < 4.78 is 77.2. The summed E-state index contributed by atoms with van der Waals surface area (Å²) in [5.74, 6) is -5.16. The molecule has 0 saturated carbocycles. The van der Waals surface area contributed by atoms with Gasteiger partial charge < -0.3 is 0 Å². The summed E-state index contributed by atoms with van der Waals surface area (Å²) in [6.07, 6.45) is -5.91. The van der Waals surface area contributed by atoms with E-state index in [4.69, 9.17) is 0 Å². The monoisotopic (exact) mass is 270 g/mol. The number of benzene rings is 1. The van der Waals surface area contributed by atoms with Crippen molar-refractivity contribution in [1.82, 2.24) is 0 Å². The zero-order chi connectivity index (χ0) is 14.0. The predicted octanol–water partition coefficient (Wildman–Crippen LogP) is 4.17. The maximum Gasteiger partial charge on any atom is 0.455 e. The summed E-state index contributed by atoms with van der Waals surface area (Å²) in [6, 6.07) is 5.43. The van der Waals surface area contributed by atoms with Gasteiger partial charge >= 0.3 is 12.0 Å². The summed E-state index contributed by atoms with van der Waals surface area (Å²) in [5, 5.41) is 0. The minimum atomic E-state index is -5.92. The molecule has 0 aliphatic carbocycles. The third-order valence-electron chi connectivity index (χ3n) is 2.41. The highest BCUT2D eigenvalue weighted by molar-refractivity contribution is 5.31. The summed E-state index contributed by atoms with van der Waals surface area (Å²) in [6.45, 7) is 2.78. The van der Waals surface area contributed by atoms with Crippen molar-refractivity contribution in [2.24, 2.45) is 0 Å². The Hall–Kier alpha value is -1.50. The Morgan fingerprint density at radius 1 is 1.00 bits per heavy atom. The van der Waals surface area contributed by atoms with Crippen LogP contribution in [0.25, 0.3) is 0 Å². The molecule has 0 radical (unpaired) electrons. The summed E-state index contributed by atoms with van der Waals surface area (Å²) in [5.41, 5.74) is -4.67. The minimum Gasteiger partial charge on any atom is -0.227 e. The number of hydrogen-bond acceptors (Lipinski definition) is 1. The van der Waals surface area contributed by atoms with Crippen molar-refractivity contribution in [2.45, 2.75) is 17.7 Å². The lowest BCUT2D eigenvalue weighted by atomic mass is 9.87. The highest BCUT2D eigenvalue weighted by Gasteiger charge is 2.72. The topological polar surface area (TPSA) is 9.23 Å². The van der Waals surface area contributed by atoms with Crippen LogP contribution >= 0.6 is 0 Å². The summed E-state index contributed by atoms with van der Waals surface area (Å²) in [7, 11) is 0. The van der Waals surface area contributed by atoms with Gasteiger partial charge in [-0.1, -0.05) is 36.9 Å². The van der Waals surface area contributed by atoms with Crippen molar-refractivity contribution in [1.29, 1.82) is 0 Å². The Labute approximate surface area is 98.6 Å². The first-order chi connectivity index (χ1) is 8.23. The van der Waals surface area contributed by atoms with E-state index in [9.17, 15) is 26.5 Å². The van der Waals surface area contributed by atoms with Crippen molar-refractivity contribution in [3.8, 4) is 0 Å². The maximum atomic E-state index is 14.2. The van der Waals surface area contributed by atoms with Crippen LogP contribution in [0.2, 0.25) is 0 Å². The lowest BCUT2D eigenvalue weighted by Gasteiger charge is -2.34. The van der Waals surface area contributed by atoms with Crippen LogP contribution in [0.3, 0.4) is 0 Å². The fraction of sp³-hybridized carbons (Fsp3) is 0.273. The lowest BCUT2D eigenvalue weighted by Crippen LogP contribution is -2.55. The van der Waals surface area contributed by atoms with Gasteiger partial charge in [0.05, 0.1) is 0 Å². The molecule has 7 heteroatoms.